The zero-order valence-electron chi connectivity index (χ0n) is 14.2. The van der Waals surface area contributed by atoms with Gasteiger partial charge in [-0.2, -0.15) is 0 Å². The third kappa shape index (κ3) is 6.69. The third-order valence-electron chi connectivity index (χ3n) is 3.31. The van der Waals surface area contributed by atoms with Crippen LogP contribution < -0.4 is 5.32 Å². The molecule has 0 aromatic carbocycles. The molecule has 0 aromatic rings. The monoisotopic (exact) mass is 359 g/mol. The van der Waals surface area contributed by atoms with Gasteiger partial charge in [-0.3, -0.25) is 24.4 Å². The smallest absolute Gasteiger partial charge is 0.307 e. The molecule has 0 atom stereocenters. The minimum absolute atomic E-state index is 0.0556. The zero-order chi connectivity index (χ0) is 17.9. The second-order valence-electron chi connectivity index (χ2n) is 5.09. The standard InChI is InChI=1S/C15H25N3O5S/c1-3-22-13(20)7-6-12(19)17-10-5-11-18(17)15(24)16-9-8-14(21)23-4-2/h3-11H2,1-2H3,(H,16,24). The number of esters is 2. The lowest BCUT2D eigenvalue weighted by molar-refractivity contribution is -0.147. The number of carbonyl (C=O) groups is 3. The summed E-state index contributed by atoms with van der Waals surface area (Å²) in [7, 11) is 0. The first-order chi connectivity index (χ1) is 11.5. The maximum absolute atomic E-state index is 12.3. The number of thiocarbonyl (C=S) groups is 1. The van der Waals surface area contributed by atoms with Crippen molar-refractivity contribution in [1.29, 1.82) is 0 Å². The maximum atomic E-state index is 12.3. The molecule has 1 rings (SSSR count). The van der Waals surface area contributed by atoms with Crippen molar-refractivity contribution in [1.82, 2.24) is 15.3 Å². The molecule has 24 heavy (non-hydrogen) atoms. The van der Waals surface area contributed by atoms with Crippen LogP contribution in [0.3, 0.4) is 0 Å². The van der Waals surface area contributed by atoms with Crippen molar-refractivity contribution < 1.29 is 23.9 Å². The number of carbonyl (C=O) groups excluding carboxylic acids is 3. The lowest BCUT2D eigenvalue weighted by Gasteiger charge is -2.30. The number of hydrazine groups is 1. The van der Waals surface area contributed by atoms with Crippen LogP contribution in [0.15, 0.2) is 0 Å². The van der Waals surface area contributed by atoms with Crippen LogP contribution in [0.5, 0.6) is 0 Å². The van der Waals surface area contributed by atoms with E-state index in [9.17, 15) is 14.4 Å². The Morgan fingerprint density at radius 1 is 0.958 bits per heavy atom. The van der Waals surface area contributed by atoms with E-state index in [0.29, 0.717) is 38.0 Å². The van der Waals surface area contributed by atoms with E-state index < -0.39 is 0 Å². The van der Waals surface area contributed by atoms with Crippen molar-refractivity contribution in [2.24, 2.45) is 0 Å². The van der Waals surface area contributed by atoms with Gasteiger partial charge < -0.3 is 14.8 Å². The lowest BCUT2D eigenvalue weighted by Crippen LogP contribution is -2.49. The second kappa shape index (κ2) is 10.8. The van der Waals surface area contributed by atoms with Gasteiger partial charge in [-0.15, -0.1) is 0 Å². The fourth-order valence-corrected chi connectivity index (χ4v) is 2.54. The topological polar surface area (TPSA) is 88.2 Å². The van der Waals surface area contributed by atoms with Gasteiger partial charge in [-0.1, -0.05) is 0 Å². The van der Waals surface area contributed by atoms with Gasteiger partial charge in [0.25, 0.3) is 0 Å². The molecule has 1 saturated heterocycles. The van der Waals surface area contributed by atoms with Gasteiger partial charge in [0, 0.05) is 26.1 Å². The van der Waals surface area contributed by atoms with Crippen LogP contribution in [0.4, 0.5) is 0 Å². The van der Waals surface area contributed by atoms with Crippen molar-refractivity contribution in [2.75, 3.05) is 32.8 Å². The Bertz CT molecular complexity index is 472. The molecule has 1 N–H and O–H groups in total. The van der Waals surface area contributed by atoms with E-state index in [4.69, 9.17) is 21.7 Å². The zero-order valence-corrected chi connectivity index (χ0v) is 15.0. The quantitative estimate of drug-likeness (QED) is 0.498. The van der Waals surface area contributed by atoms with Crippen molar-refractivity contribution >= 4 is 35.2 Å². The summed E-state index contributed by atoms with van der Waals surface area (Å²) in [6.07, 6.45) is 1.14. The number of nitrogens with one attached hydrogen (secondary N) is 1. The molecule has 1 aliphatic heterocycles. The van der Waals surface area contributed by atoms with Crippen LogP contribution in [0.25, 0.3) is 0 Å². The largest absolute Gasteiger partial charge is 0.466 e. The first-order valence-corrected chi connectivity index (χ1v) is 8.57. The van der Waals surface area contributed by atoms with Crippen molar-refractivity contribution in [2.45, 2.75) is 39.5 Å². The maximum Gasteiger partial charge on any atom is 0.307 e. The van der Waals surface area contributed by atoms with Gasteiger partial charge in [0.1, 0.15) is 0 Å². The van der Waals surface area contributed by atoms with Gasteiger partial charge in [-0.05, 0) is 32.5 Å². The summed E-state index contributed by atoms with van der Waals surface area (Å²) in [5.41, 5.74) is 0. The van der Waals surface area contributed by atoms with E-state index >= 15 is 0 Å². The number of nitrogens with zero attached hydrogens (tertiary/aromatic N) is 2. The first-order valence-electron chi connectivity index (χ1n) is 8.16. The van der Waals surface area contributed by atoms with Crippen LogP contribution in [0.1, 0.15) is 39.5 Å². The second-order valence-corrected chi connectivity index (χ2v) is 5.47. The number of amides is 1. The summed E-state index contributed by atoms with van der Waals surface area (Å²) >= 11 is 5.28. The normalized spacial score (nSPS) is 13.6. The van der Waals surface area contributed by atoms with E-state index in [1.54, 1.807) is 23.9 Å². The van der Waals surface area contributed by atoms with Crippen molar-refractivity contribution in [3.8, 4) is 0 Å². The fraction of sp³-hybridized carbons (Fsp3) is 0.733. The van der Waals surface area contributed by atoms with Crippen LogP contribution in [-0.2, 0) is 23.9 Å². The highest BCUT2D eigenvalue weighted by Crippen LogP contribution is 2.13. The van der Waals surface area contributed by atoms with E-state index in [1.165, 1.54) is 0 Å². The Hall–Kier alpha value is -1.90. The molecule has 0 bridgehead atoms. The molecular weight excluding hydrogens is 334 g/mol. The Kier molecular flexibility index (Phi) is 9.06. The Labute approximate surface area is 147 Å². The molecule has 0 radical (unpaired) electrons. The van der Waals surface area contributed by atoms with Crippen LogP contribution in [0.2, 0.25) is 0 Å². The molecule has 9 heteroatoms. The van der Waals surface area contributed by atoms with E-state index in [2.05, 4.69) is 5.32 Å². The lowest BCUT2D eigenvalue weighted by atomic mass is 10.3. The Balaban J connectivity index is 2.40. The average molecular weight is 359 g/mol. The summed E-state index contributed by atoms with van der Waals surface area (Å²) in [5.74, 6) is -0.849. The van der Waals surface area contributed by atoms with Gasteiger partial charge in [0.05, 0.1) is 26.1 Å². The molecular formula is C15H25N3O5S. The van der Waals surface area contributed by atoms with Crippen LogP contribution in [0, 0.1) is 0 Å². The predicted octanol–water partition coefficient (Wildman–Crippen LogP) is 0.607. The van der Waals surface area contributed by atoms with Gasteiger partial charge in [-0.25, -0.2) is 0 Å². The summed E-state index contributed by atoms with van der Waals surface area (Å²) in [6, 6.07) is 0. The molecule has 0 saturated carbocycles. The Morgan fingerprint density at radius 2 is 1.54 bits per heavy atom. The molecule has 1 aliphatic rings. The summed E-state index contributed by atoms with van der Waals surface area (Å²) in [6.45, 7) is 5.65. The van der Waals surface area contributed by atoms with Crippen LogP contribution in [-0.4, -0.2) is 65.8 Å². The van der Waals surface area contributed by atoms with Crippen molar-refractivity contribution in [3.63, 3.8) is 0 Å². The highest BCUT2D eigenvalue weighted by molar-refractivity contribution is 7.80. The van der Waals surface area contributed by atoms with Gasteiger partial charge in [0.2, 0.25) is 5.91 Å². The summed E-state index contributed by atoms with van der Waals surface area (Å²) in [5, 5.41) is 6.56. The van der Waals surface area contributed by atoms with Crippen molar-refractivity contribution in [3.05, 3.63) is 0 Å². The summed E-state index contributed by atoms with van der Waals surface area (Å²) < 4.78 is 9.66. The molecule has 1 amide bonds. The molecule has 0 spiro atoms. The van der Waals surface area contributed by atoms with E-state index in [0.717, 1.165) is 6.42 Å². The Morgan fingerprint density at radius 3 is 2.17 bits per heavy atom. The molecule has 1 fully saturated rings. The number of hydrogen-bond acceptors (Lipinski definition) is 6. The van der Waals surface area contributed by atoms with E-state index in [-0.39, 0.29) is 37.1 Å². The predicted molar refractivity (Wildman–Crippen MR) is 90.8 cm³/mol. The SMILES string of the molecule is CCOC(=O)CCNC(=S)N1CCCN1C(=O)CCC(=O)OCC. The molecule has 0 aliphatic carbocycles. The third-order valence-corrected chi connectivity index (χ3v) is 3.67. The highest BCUT2D eigenvalue weighted by Gasteiger charge is 2.28. The number of ether oxygens (including phenoxy) is 2. The van der Waals surface area contributed by atoms with Crippen LogP contribution >= 0.6 is 12.2 Å². The fourth-order valence-electron chi connectivity index (χ4n) is 2.25. The summed E-state index contributed by atoms with van der Waals surface area (Å²) in [4.78, 5) is 34.9. The molecule has 136 valence electrons. The minimum Gasteiger partial charge on any atom is -0.466 e. The first kappa shape index (κ1) is 20.1. The number of rotatable bonds is 8. The molecule has 1 heterocycles. The van der Waals surface area contributed by atoms with E-state index in [1.807, 2.05) is 0 Å². The van der Waals surface area contributed by atoms with Gasteiger partial charge in [0.15, 0.2) is 5.11 Å². The highest BCUT2D eigenvalue weighted by atomic mass is 32.1. The average Bonchev–Trinajstić information content (AvgIpc) is 3.03. The molecule has 8 nitrogen and oxygen atoms in total. The molecule has 0 unspecified atom stereocenters. The number of hydrogen-bond donors (Lipinski definition) is 1. The molecule has 0 aromatic heterocycles. The van der Waals surface area contributed by atoms with Gasteiger partial charge >= 0.3 is 11.9 Å². The minimum atomic E-state index is -0.383.